The fourth-order valence-electron chi connectivity index (χ4n) is 1.43. The van der Waals surface area contributed by atoms with Crippen LogP contribution in [0.25, 0.3) is 0 Å². The molecule has 0 atom stereocenters. The molecule has 0 aliphatic heterocycles. The second kappa shape index (κ2) is 5.37. The van der Waals surface area contributed by atoms with Gasteiger partial charge in [-0.25, -0.2) is 0 Å². The summed E-state index contributed by atoms with van der Waals surface area (Å²) in [4.78, 5) is 12.5. The minimum absolute atomic E-state index is 0.110. The highest BCUT2D eigenvalue weighted by atomic mass is 35.5. The highest BCUT2D eigenvalue weighted by molar-refractivity contribution is 6.25. The molecule has 80 valence electrons. The van der Waals surface area contributed by atoms with Gasteiger partial charge in [-0.15, -0.1) is 0 Å². The Hall–Kier alpha value is -0.540. The van der Waals surface area contributed by atoms with Crippen molar-refractivity contribution in [3.63, 3.8) is 0 Å². The first-order chi connectivity index (χ1) is 6.61. The quantitative estimate of drug-likeness (QED) is 0.739. The second-order valence-corrected chi connectivity index (χ2v) is 4.18. The zero-order chi connectivity index (χ0) is 10.6. The Kier molecular flexibility index (Phi) is 4.42. The molecule has 0 spiro atoms. The molecule has 1 N–H and O–H groups in total. The molecular formula is C10H16ClNO2. The van der Waals surface area contributed by atoms with E-state index in [-0.39, 0.29) is 6.54 Å². The average Bonchev–Trinajstić information content (AvgIpc) is 2.86. The van der Waals surface area contributed by atoms with Crippen molar-refractivity contribution >= 4 is 17.6 Å². The number of nitrogens with zero attached hydrogens (tertiary/aromatic N) is 1. The molecule has 1 aliphatic carbocycles. The standard InChI is InChI=1S/C10H16ClNO2/c1-8(4-11)5-12(7-10(13)14)6-9-2-3-9/h4,9H,2-3,5-7H2,1H3,(H,13,14). The van der Waals surface area contributed by atoms with Crippen molar-refractivity contribution in [3.05, 3.63) is 11.1 Å². The van der Waals surface area contributed by atoms with E-state index in [9.17, 15) is 4.79 Å². The van der Waals surface area contributed by atoms with Gasteiger partial charge in [-0.05, 0) is 31.3 Å². The monoisotopic (exact) mass is 217 g/mol. The Morgan fingerprint density at radius 3 is 2.64 bits per heavy atom. The lowest BCUT2D eigenvalue weighted by atomic mass is 10.3. The van der Waals surface area contributed by atoms with Gasteiger partial charge in [0, 0.05) is 18.6 Å². The molecule has 0 heterocycles. The molecule has 4 heteroatoms. The topological polar surface area (TPSA) is 40.5 Å². The van der Waals surface area contributed by atoms with Gasteiger partial charge in [0.25, 0.3) is 0 Å². The first-order valence-corrected chi connectivity index (χ1v) is 5.25. The molecule has 1 fully saturated rings. The molecular weight excluding hydrogens is 202 g/mol. The van der Waals surface area contributed by atoms with E-state index in [0.29, 0.717) is 12.5 Å². The van der Waals surface area contributed by atoms with Gasteiger partial charge in [-0.2, -0.15) is 0 Å². The Labute approximate surface area is 89.3 Å². The molecule has 0 aromatic rings. The average molecular weight is 218 g/mol. The summed E-state index contributed by atoms with van der Waals surface area (Å²) >= 11 is 5.55. The van der Waals surface area contributed by atoms with E-state index in [4.69, 9.17) is 16.7 Å². The van der Waals surface area contributed by atoms with E-state index in [1.807, 2.05) is 11.8 Å². The van der Waals surface area contributed by atoms with Crippen LogP contribution in [0.3, 0.4) is 0 Å². The first-order valence-electron chi connectivity index (χ1n) is 4.82. The van der Waals surface area contributed by atoms with Crippen LogP contribution in [0.15, 0.2) is 11.1 Å². The highest BCUT2D eigenvalue weighted by Crippen LogP contribution is 2.29. The number of halogens is 1. The summed E-state index contributed by atoms with van der Waals surface area (Å²) in [7, 11) is 0. The molecule has 0 saturated heterocycles. The van der Waals surface area contributed by atoms with Crippen LogP contribution in [0.2, 0.25) is 0 Å². The predicted octanol–water partition coefficient (Wildman–Crippen LogP) is 1.93. The van der Waals surface area contributed by atoms with Gasteiger partial charge in [0.15, 0.2) is 0 Å². The summed E-state index contributed by atoms with van der Waals surface area (Å²) in [6, 6.07) is 0. The maximum atomic E-state index is 10.6. The fraction of sp³-hybridized carbons (Fsp3) is 0.700. The maximum absolute atomic E-state index is 10.6. The van der Waals surface area contributed by atoms with Crippen LogP contribution in [0.4, 0.5) is 0 Å². The first kappa shape index (κ1) is 11.5. The van der Waals surface area contributed by atoms with Gasteiger partial charge in [-0.3, -0.25) is 9.69 Å². The van der Waals surface area contributed by atoms with Gasteiger partial charge in [0.2, 0.25) is 0 Å². The SMILES string of the molecule is CC(=CCl)CN(CC(=O)O)CC1CC1. The largest absolute Gasteiger partial charge is 0.480 e. The van der Waals surface area contributed by atoms with Crippen LogP contribution >= 0.6 is 11.6 Å². The van der Waals surface area contributed by atoms with E-state index >= 15 is 0 Å². The Bertz CT molecular complexity index is 236. The zero-order valence-corrected chi connectivity index (χ0v) is 9.13. The van der Waals surface area contributed by atoms with Crippen LogP contribution in [0.5, 0.6) is 0 Å². The lowest BCUT2D eigenvalue weighted by molar-refractivity contribution is -0.138. The van der Waals surface area contributed by atoms with Crippen molar-refractivity contribution in [2.45, 2.75) is 19.8 Å². The van der Waals surface area contributed by atoms with Crippen molar-refractivity contribution in [1.82, 2.24) is 4.90 Å². The molecule has 0 unspecified atom stereocenters. The van der Waals surface area contributed by atoms with Crippen LogP contribution in [0.1, 0.15) is 19.8 Å². The van der Waals surface area contributed by atoms with E-state index in [0.717, 1.165) is 12.1 Å². The number of carboxylic acid groups (broad SMARTS) is 1. The minimum Gasteiger partial charge on any atom is -0.480 e. The van der Waals surface area contributed by atoms with Gasteiger partial charge in [0.1, 0.15) is 0 Å². The van der Waals surface area contributed by atoms with Crippen LogP contribution in [0, 0.1) is 5.92 Å². The van der Waals surface area contributed by atoms with Gasteiger partial charge >= 0.3 is 5.97 Å². The number of hydrogen-bond acceptors (Lipinski definition) is 2. The van der Waals surface area contributed by atoms with Gasteiger partial charge < -0.3 is 5.11 Å². The third kappa shape index (κ3) is 4.63. The van der Waals surface area contributed by atoms with E-state index in [1.54, 1.807) is 0 Å². The normalized spacial score (nSPS) is 17.5. The third-order valence-corrected chi connectivity index (χ3v) is 2.60. The van der Waals surface area contributed by atoms with Crippen molar-refractivity contribution in [3.8, 4) is 0 Å². The van der Waals surface area contributed by atoms with Crippen molar-refractivity contribution in [2.75, 3.05) is 19.6 Å². The van der Waals surface area contributed by atoms with Crippen molar-refractivity contribution in [1.29, 1.82) is 0 Å². The highest BCUT2D eigenvalue weighted by Gasteiger charge is 2.25. The summed E-state index contributed by atoms with van der Waals surface area (Å²) in [6.45, 7) is 3.56. The smallest absolute Gasteiger partial charge is 0.317 e. The molecule has 0 aromatic carbocycles. The summed E-state index contributed by atoms with van der Waals surface area (Å²) in [5, 5.41) is 8.71. The summed E-state index contributed by atoms with van der Waals surface area (Å²) in [6.07, 6.45) is 2.47. The number of rotatable bonds is 6. The molecule has 0 bridgehead atoms. The van der Waals surface area contributed by atoms with Crippen molar-refractivity contribution in [2.24, 2.45) is 5.92 Å². The Morgan fingerprint density at radius 2 is 2.21 bits per heavy atom. The molecule has 1 saturated carbocycles. The Balaban J connectivity index is 2.38. The molecule has 0 aromatic heterocycles. The molecule has 0 amide bonds. The number of hydrogen-bond donors (Lipinski definition) is 1. The number of aliphatic carboxylic acids is 1. The van der Waals surface area contributed by atoms with Crippen molar-refractivity contribution < 1.29 is 9.90 Å². The summed E-state index contributed by atoms with van der Waals surface area (Å²) < 4.78 is 0. The predicted molar refractivity (Wildman–Crippen MR) is 56.4 cm³/mol. The molecule has 3 nitrogen and oxygen atoms in total. The van der Waals surface area contributed by atoms with Crippen LogP contribution in [-0.2, 0) is 4.79 Å². The van der Waals surface area contributed by atoms with Crippen LogP contribution in [-0.4, -0.2) is 35.6 Å². The number of carbonyl (C=O) groups is 1. The van der Waals surface area contributed by atoms with E-state index < -0.39 is 5.97 Å². The number of carboxylic acids is 1. The zero-order valence-electron chi connectivity index (χ0n) is 8.37. The molecule has 1 rings (SSSR count). The molecule has 0 radical (unpaired) electrons. The maximum Gasteiger partial charge on any atom is 0.317 e. The van der Waals surface area contributed by atoms with Gasteiger partial charge in [0.05, 0.1) is 6.54 Å². The fourth-order valence-corrected chi connectivity index (χ4v) is 1.50. The molecule has 1 aliphatic rings. The summed E-state index contributed by atoms with van der Waals surface area (Å²) in [5.74, 6) is -0.0644. The van der Waals surface area contributed by atoms with E-state index in [2.05, 4.69) is 0 Å². The lowest BCUT2D eigenvalue weighted by Crippen LogP contribution is -2.33. The van der Waals surface area contributed by atoms with E-state index in [1.165, 1.54) is 18.4 Å². The minimum atomic E-state index is -0.770. The van der Waals surface area contributed by atoms with Crippen LogP contribution < -0.4 is 0 Å². The molecule has 14 heavy (non-hydrogen) atoms. The summed E-state index contributed by atoms with van der Waals surface area (Å²) in [5.41, 5.74) is 2.52. The third-order valence-electron chi connectivity index (χ3n) is 2.23. The lowest BCUT2D eigenvalue weighted by Gasteiger charge is -2.19. The Morgan fingerprint density at radius 1 is 1.57 bits per heavy atom. The van der Waals surface area contributed by atoms with Gasteiger partial charge in [-0.1, -0.05) is 11.6 Å². The second-order valence-electron chi connectivity index (χ2n) is 3.96.